The second kappa shape index (κ2) is 6.72. The molecule has 1 atom stereocenters. The summed E-state index contributed by atoms with van der Waals surface area (Å²) in [6.07, 6.45) is 0.620. The van der Waals surface area contributed by atoms with E-state index in [0.29, 0.717) is 13.1 Å². The molecule has 0 aliphatic heterocycles. The van der Waals surface area contributed by atoms with Crippen molar-refractivity contribution in [2.75, 3.05) is 13.1 Å². The monoisotopic (exact) mass is 266 g/mol. The molecule has 0 aromatic carbocycles. The maximum absolute atomic E-state index is 12.0. The van der Waals surface area contributed by atoms with Gasteiger partial charge < -0.3 is 14.7 Å². The number of aromatic carboxylic acids is 1. The van der Waals surface area contributed by atoms with E-state index in [1.54, 1.807) is 17.9 Å². The lowest BCUT2D eigenvalue weighted by Crippen LogP contribution is -2.40. The second-order valence-electron chi connectivity index (χ2n) is 3.93. The lowest BCUT2D eigenvalue weighted by Gasteiger charge is -2.23. The molecule has 0 aliphatic carbocycles. The third-order valence-electron chi connectivity index (χ3n) is 2.70. The second-order valence-corrected chi connectivity index (χ2v) is 3.93. The van der Waals surface area contributed by atoms with Gasteiger partial charge in [-0.15, -0.1) is 0 Å². The van der Waals surface area contributed by atoms with Crippen LogP contribution < -0.4 is 4.74 Å². The van der Waals surface area contributed by atoms with E-state index in [-0.39, 0.29) is 17.4 Å². The topological polar surface area (TPSA) is 79.7 Å². The quantitative estimate of drug-likeness (QED) is 0.842. The van der Waals surface area contributed by atoms with Crippen molar-refractivity contribution in [1.29, 1.82) is 0 Å². The van der Waals surface area contributed by atoms with Gasteiger partial charge in [0.05, 0.1) is 0 Å². The van der Waals surface area contributed by atoms with Crippen LogP contribution in [0.5, 0.6) is 5.75 Å². The molecule has 1 rings (SSSR count). The number of hydrogen-bond acceptors (Lipinski definition) is 4. The van der Waals surface area contributed by atoms with Crippen LogP contribution in [0.3, 0.4) is 0 Å². The van der Waals surface area contributed by atoms with E-state index in [1.165, 1.54) is 12.3 Å². The van der Waals surface area contributed by atoms with E-state index >= 15 is 0 Å². The van der Waals surface area contributed by atoms with E-state index in [2.05, 4.69) is 4.98 Å². The minimum absolute atomic E-state index is 0.100. The molecule has 1 aromatic heterocycles. The lowest BCUT2D eigenvalue weighted by atomic mass is 10.3. The van der Waals surface area contributed by atoms with Gasteiger partial charge in [0.25, 0.3) is 5.91 Å². The highest BCUT2D eigenvalue weighted by Gasteiger charge is 2.22. The molecule has 0 saturated carbocycles. The van der Waals surface area contributed by atoms with Gasteiger partial charge in [-0.3, -0.25) is 4.79 Å². The number of likely N-dealkylation sites (N-methyl/N-ethyl adjacent to an activating group) is 1. The molecule has 1 N–H and O–H groups in total. The standard InChI is InChI=1S/C13H18N2O4/c1-4-15(5-2)12(16)9(3)19-10-7-6-8-14-11(10)13(17)18/h6-9H,4-5H2,1-3H3,(H,17,18). The van der Waals surface area contributed by atoms with Gasteiger partial charge in [0.2, 0.25) is 0 Å². The van der Waals surface area contributed by atoms with Crippen molar-refractivity contribution in [3.63, 3.8) is 0 Å². The number of aromatic nitrogens is 1. The van der Waals surface area contributed by atoms with E-state index in [0.717, 1.165) is 0 Å². The van der Waals surface area contributed by atoms with Gasteiger partial charge in [0, 0.05) is 19.3 Å². The van der Waals surface area contributed by atoms with Crippen LogP contribution in [0.15, 0.2) is 18.3 Å². The Morgan fingerprint density at radius 1 is 1.42 bits per heavy atom. The van der Waals surface area contributed by atoms with E-state index in [1.807, 2.05) is 13.8 Å². The van der Waals surface area contributed by atoms with Crippen LogP contribution in [0.1, 0.15) is 31.3 Å². The number of rotatable bonds is 6. The van der Waals surface area contributed by atoms with Gasteiger partial charge in [-0.1, -0.05) is 0 Å². The van der Waals surface area contributed by atoms with Crippen molar-refractivity contribution in [3.8, 4) is 5.75 Å². The molecule has 1 aromatic rings. The zero-order valence-corrected chi connectivity index (χ0v) is 11.3. The average Bonchev–Trinajstić information content (AvgIpc) is 2.40. The number of carbonyl (C=O) groups is 2. The van der Waals surface area contributed by atoms with Crippen molar-refractivity contribution < 1.29 is 19.4 Å². The molecule has 19 heavy (non-hydrogen) atoms. The number of carbonyl (C=O) groups excluding carboxylic acids is 1. The lowest BCUT2D eigenvalue weighted by molar-refractivity contribution is -0.137. The maximum atomic E-state index is 12.0. The predicted molar refractivity (Wildman–Crippen MR) is 69.2 cm³/mol. The maximum Gasteiger partial charge on any atom is 0.358 e. The summed E-state index contributed by atoms with van der Waals surface area (Å²) in [6, 6.07) is 3.05. The zero-order chi connectivity index (χ0) is 14.4. The van der Waals surface area contributed by atoms with Crippen LogP contribution in [-0.4, -0.2) is 46.1 Å². The molecule has 0 radical (unpaired) electrons. The summed E-state index contributed by atoms with van der Waals surface area (Å²) in [5.41, 5.74) is -0.193. The highest BCUT2D eigenvalue weighted by atomic mass is 16.5. The number of pyridine rings is 1. The molecule has 0 saturated heterocycles. The highest BCUT2D eigenvalue weighted by molar-refractivity contribution is 5.88. The first-order valence-electron chi connectivity index (χ1n) is 6.15. The first-order valence-corrected chi connectivity index (χ1v) is 6.15. The normalized spacial score (nSPS) is 11.7. The minimum Gasteiger partial charge on any atom is -0.478 e. The van der Waals surface area contributed by atoms with Gasteiger partial charge in [-0.2, -0.15) is 0 Å². The Bertz CT molecular complexity index is 458. The Morgan fingerprint density at radius 3 is 2.58 bits per heavy atom. The number of ether oxygens (including phenoxy) is 1. The van der Waals surface area contributed by atoms with Crippen LogP contribution >= 0.6 is 0 Å². The number of carboxylic acid groups (broad SMARTS) is 1. The third kappa shape index (κ3) is 3.67. The molecule has 0 fully saturated rings. The van der Waals surface area contributed by atoms with Gasteiger partial charge in [-0.05, 0) is 32.9 Å². The van der Waals surface area contributed by atoms with Gasteiger partial charge >= 0.3 is 5.97 Å². The molecule has 6 heteroatoms. The number of hydrogen-bond donors (Lipinski definition) is 1. The Kier molecular flexibility index (Phi) is 5.29. The van der Waals surface area contributed by atoms with Crippen molar-refractivity contribution in [3.05, 3.63) is 24.0 Å². The van der Waals surface area contributed by atoms with Gasteiger partial charge in [0.15, 0.2) is 17.5 Å². The fourth-order valence-corrected chi connectivity index (χ4v) is 1.68. The predicted octanol–water partition coefficient (Wildman–Crippen LogP) is 1.42. The summed E-state index contributed by atoms with van der Waals surface area (Å²) in [5, 5.41) is 8.98. The van der Waals surface area contributed by atoms with Crippen molar-refractivity contribution in [2.24, 2.45) is 0 Å². The average molecular weight is 266 g/mol. The van der Waals surface area contributed by atoms with E-state index in [4.69, 9.17) is 9.84 Å². The number of carboxylic acids is 1. The first-order chi connectivity index (χ1) is 9.01. The van der Waals surface area contributed by atoms with Gasteiger partial charge in [-0.25, -0.2) is 9.78 Å². The van der Waals surface area contributed by atoms with Crippen LogP contribution in [0, 0.1) is 0 Å². The van der Waals surface area contributed by atoms with Crippen LogP contribution in [0.25, 0.3) is 0 Å². The molecular formula is C13H18N2O4. The molecule has 104 valence electrons. The summed E-state index contributed by atoms with van der Waals surface area (Å²) < 4.78 is 5.42. The summed E-state index contributed by atoms with van der Waals surface area (Å²) in [6.45, 7) is 6.52. The summed E-state index contributed by atoms with van der Waals surface area (Å²) in [5.74, 6) is -1.26. The number of amides is 1. The van der Waals surface area contributed by atoms with Crippen LogP contribution in [0.2, 0.25) is 0 Å². The van der Waals surface area contributed by atoms with E-state index < -0.39 is 12.1 Å². The molecule has 6 nitrogen and oxygen atoms in total. The fourth-order valence-electron chi connectivity index (χ4n) is 1.68. The SMILES string of the molecule is CCN(CC)C(=O)C(C)Oc1cccnc1C(=O)O. The largest absolute Gasteiger partial charge is 0.478 e. The first kappa shape index (κ1) is 14.9. The Morgan fingerprint density at radius 2 is 2.05 bits per heavy atom. The third-order valence-corrected chi connectivity index (χ3v) is 2.70. The summed E-state index contributed by atoms with van der Waals surface area (Å²) in [4.78, 5) is 28.4. The van der Waals surface area contributed by atoms with E-state index in [9.17, 15) is 9.59 Å². The molecule has 0 aliphatic rings. The molecule has 1 unspecified atom stereocenters. The highest BCUT2D eigenvalue weighted by Crippen LogP contribution is 2.17. The van der Waals surface area contributed by atoms with Crippen molar-refractivity contribution in [1.82, 2.24) is 9.88 Å². The van der Waals surface area contributed by atoms with Crippen LogP contribution in [0.4, 0.5) is 0 Å². The summed E-state index contributed by atoms with van der Waals surface area (Å²) in [7, 11) is 0. The molecule has 1 amide bonds. The van der Waals surface area contributed by atoms with Gasteiger partial charge in [0.1, 0.15) is 0 Å². The summed E-state index contributed by atoms with van der Waals surface area (Å²) >= 11 is 0. The molecule has 0 bridgehead atoms. The smallest absolute Gasteiger partial charge is 0.358 e. The Labute approximate surface area is 112 Å². The molecule has 0 spiro atoms. The molecule has 1 heterocycles. The molecular weight excluding hydrogens is 248 g/mol. The minimum atomic E-state index is -1.18. The zero-order valence-electron chi connectivity index (χ0n) is 11.3. The van der Waals surface area contributed by atoms with Crippen molar-refractivity contribution >= 4 is 11.9 Å². The van der Waals surface area contributed by atoms with Crippen molar-refractivity contribution in [2.45, 2.75) is 26.9 Å². The number of nitrogens with zero attached hydrogens (tertiary/aromatic N) is 2. The Hall–Kier alpha value is -2.11. The fraction of sp³-hybridized carbons (Fsp3) is 0.462. The Balaban J connectivity index is 2.85. The van der Waals surface area contributed by atoms with Crippen LogP contribution in [-0.2, 0) is 4.79 Å².